The van der Waals surface area contributed by atoms with Crippen LogP contribution in [0.1, 0.15) is 44.2 Å². The molecule has 6 heteroatoms. The van der Waals surface area contributed by atoms with Gasteiger partial charge in [-0.25, -0.2) is 4.98 Å². The first-order chi connectivity index (χ1) is 13.7. The van der Waals surface area contributed by atoms with Crippen LogP contribution in [0.3, 0.4) is 0 Å². The number of fused-ring (bicyclic) bond motifs is 1. The fourth-order valence-corrected chi connectivity index (χ4v) is 3.89. The lowest BCUT2D eigenvalue weighted by molar-refractivity contribution is -0.114. The van der Waals surface area contributed by atoms with Gasteiger partial charge in [0.15, 0.2) is 11.5 Å². The minimum Gasteiger partial charge on any atom is -0.493 e. The van der Waals surface area contributed by atoms with Crippen molar-refractivity contribution < 1.29 is 14.3 Å². The summed E-state index contributed by atoms with van der Waals surface area (Å²) in [6.07, 6.45) is 4.57. The number of hydrogen-bond donors (Lipinski definition) is 1. The molecule has 146 valence electrons. The highest BCUT2D eigenvalue weighted by Gasteiger charge is 2.24. The summed E-state index contributed by atoms with van der Waals surface area (Å²) in [5.74, 6) is 1.78. The van der Waals surface area contributed by atoms with Gasteiger partial charge < -0.3 is 14.0 Å². The molecule has 0 aliphatic heterocycles. The standard InChI is InChI=1S/C22H25N3O3/c1-15(26)23-22-24-18-12-21(28-14-16-8-4-3-5-9-16)20(27-2)13-19(18)25(22)17-10-6-7-11-17/h3-5,8-9,12-13,17H,6-7,10-11,14H2,1-2H3,(H,23,24,26). The lowest BCUT2D eigenvalue weighted by Gasteiger charge is -2.17. The molecule has 0 unspecified atom stereocenters. The Morgan fingerprint density at radius 3 is 2.61 bits per heavy atom. The molecular weight excluding hydrogens is 354 g/mol. The van der Waals surface area contributed by atoms with Gasteiger partial charge in [0.25, 0.3) is 0 Å². The summed E-state index contributed by atoms with van der Waals surface area (Å²) in [4.78, 5) is 16.4. The van der Waals surface area contributed by atoms with E-state index in [2.05, 4.69) is 14.9 Å². The summed E-state index contributed by atoms with van der Waals surface area (Å²) in [5.41, 5.74) is 2.83. The second-order valence-electron chi connectivity index (χ2n) is 7.19. The van der Waals surface area contributed by atoms with Gasteiger partial charge in [0.05, 0.1) is 18.1 Å². The normalized spacial score (nSPS) is 14.4. The van der Waals surface area contributed by atoms with Crippen molar-refractivity contribution in [1.82, 2.24) is 9.55 Å². The fraction of sp³-hybridized carbons (Fsp3) is 0.364. The third-order valence-electron chi connectivity index (χ3n) is 5.19. The highest BCUT2D eigenvalue weighted by Crippen LogP contribution is 2.39. The van der Waals surface area contributed by atoms with E-state index in [-0.39, 0.29) is 5.91 Å². The molecule has 1 heterocycles. The first-order valence-corrected chi connectivity index (χ1v) is 9.70. The van der Waals surface area contributed by atoms with Crippen LogP contribution in [0.25, 0.3) is 11.0 Å². The maximum Gasteiger partial charge on any atom is 0.223 e. The number of nitrogens with zero attached hydrogens (tertiary/aromatic N) is 2. The van der Waals surface area contributed by atoms with Gasteiger partial charge >= 0.3 is 0 Å². The first kappa shape index (κ1) is 18.3. The van der Waals surface area contributed by atoms with E-state index < -0.39 is 0 Å². The molecule has 0 radical (unpaired) electrons. The number of anilines is 1. The van der Waals surface area contributed by atoms with Crippen LogP contribution < -0.4 is 14.8 Å². The van der Waals surface area contributed by atoms with E-state index in [9.17, 15) is 4.79 Å². The number of imidazole rings is 1. The molecule has 1 aliphatic carbocycles. The van der Waals surface area contributed by atoms with Crippen molar-refractivity contribution in [3.05, 3.63) is 48.0 Å². The van der Waals surface area contributed by atoms with Crippen LogP contribution in [-0.4, -0.2) is 22.6 Å². The molecule has 0 atom stereocenters. The Kier molecular flexibility index (Phi) is 5.19. The average Bonchev–Trinajstić information content (AvgIpc) is 3.32. The van der Waals surface area contributed by atoms with Gasteiger partial charge in [-0.15, -0.1) is 0 Å². The molecule has 6 nitrogen and oxygen atoms in total. The second kappa shape index (κ2) is 7.92. The number of nitrogens with one attached hydrogen (secondary N) is 1. The van der Waals surface area contributed by atoms with Crippen molar-refractivity contribution in [3.63, 3.8) is 0 Å². The summed E-state index contributed by atoms with van der Waals surface area (Å²) in [5, 5.41) is 2.89. The van der Waals surface area contributed by atoms with E-state index in [1.165, 1.54) is 19.8 Å². The van der Waals surface area contributed by atoms with Gasteiger partial charge in [-0.2, -0.15) is 0 Å². The predicted octanol–water partition coefficient (Wildman–Crippen LogP) is 4.70. The molecule has 1 fully saturated rings. The lowest BCUT2D eigenvalue weighted by Crippen LogP contribution is -2.14. The van der Waals surface area contributed by atoms with Crippen LogP contribution in [-0.2, 0) is 11.4 Å². The van der Waals surface area contributed by atoms with Crippen molar-refractivity contribution in [1.29, 1.82) is 0 Å². The Morgan fingerprint density at radius 2 is 1.93 bits per heavy atom. The number of carbonyl (C=O) groups is 1. The largest absolute Gasteiger partial charge is 0.493 e. The zero-order chi connectivity index (χ0) is 19.5. The van der Waals surface area contributed by atoms with Crippen molar-refractivity contribution in [3.8, 4) is 11.5 Å². The lowest BCUT2D eigenvalue weighted by atomic mass is 10.2. The summed E-state index contributed by atoms with van der Waals surface area (Å²) >= 11 is 0. The third kappa shape index (κ3) is 3.67. The van der Waals surface area contributed by atoms with Gasteiger partial charge in [0, 0.05) is 25.1 Å². The molecule has 0 bridgehead atoms. The van der Waals surface area contributed by atoms with Crippen molar-refractivity contribution >= 4 is 22.9 Å². The minimum atomic E-state index is -0.123. The molecule has 1 aliphatic rings. The van der Waals surface area contributed by atoms with Crippen molar-refractivity contribution in [2.24, 2.45) is 0 Å². The average molecular weight is 379 g/mol. The van der Waals surface area contributed by atoms with E-state index in [1.54, 1.807) is 7.11 Å². The summed E-state index contributed by atoms with van der Waals surface area (Å²) in [6, 6.07) is 14.2. The number of aromatic nitrogens is 2. The van der Waals surface area contributed by atoms with Gasteiger partial charge in [-0.1, -0.05) is 43.2 Å². The number of amides is 1. The molecule has 1 saturated carbocycles. The van der Waals surface area contributed by atoms with Crippen molar-refractivity contribution in [2.45, 2.75) is 45.3 Å². The molecule has 3 aromatic rings. The zero-order valence-electron chi connectivity index (χ0n) is 16.3. The predicted molar refractivity (Wildman–Crippen MR) is 109 cm³/mol. The Hall–Kier alpha value is -3.02. The van der Waals surface area contributed by atoms with E-state index in [1.807, 2.05) is 42.5 Å². The van der Waals surface area contributed by atoms with Crippen LogP contribution in [0.15, 0.2) is 42.5 Å². The molecular formula is C22H25N3O3. The van der Waals surface area contributed by atoms with E-state index in [0.29, 0.717) is 30.1 Å². The van der Waals surface area contributed by atoms with Crippen LogP contribution in [0, 0.1) is 0 Å². The SMILES string of the molecule is COc1cc2c(cc1OCc1ccccc1)nc(NC(C)=O)n2C1CCCC1. The van der Waals surface area contributed by atoms with Gasteiger partial charge in [0.2, 0.25) is 11.9 Å². The highest BCUT2D eigenvalue weighted by atomic mass is 16.5. The molecule has 1 N–H and O–H groups in total. The van der Waals surface area contributed by atoms with Gasteiger partial charge in [-0.05, 0) is 18.4 Å². The van der Waals surface area contributed by atoms with Crippen molar-refractivity contribution in [2.75, 3.05) is 12.4 Å². The Morgan fingerprint density at radius 1 is 1.18 bits per heavy atom. The zero-order valence-corrected chi connectivity index (χ0v) is 16.3. The van der Waals surface area contributed by atoms with Gasteiger partial charge in [0.1, 0.15) is 6.61 Å². The number of benzene rings is 2. The number of methoxy groups -OCH3 is 1. The second-order valence-corrected chi connectivity index (χ2v) is 7.19. The highest BCUT2D eigenvalue weighted by molar-refractivity contribution is 5.90. The van der Waals surface area contributed by atoms with Gasteiger partial charge in [-0.3, -0.25) is 10.1 Å². The molecule has 28 heavy (non-hydrogen) atoms. The van der Waals surface area contributed by atoms with E-state index in [4.69, 9.17) is 9.47 Å². The number of hydrogen-bond acceptors (Lipinski definition) is 4. The smallest absolute Gasteiger partial charge is 0.223 e. The summed E-state index contributed by atoms with van der Waals surface area (Å²) < 4.78 is 13.8. The Labute approximate surface area is 164 Å². The molecule has 2 aromatic carbocycles. The number of carbonyl (C=O) groups excluding carboxylic acids is 1. The number of ether oxygens (including phenoxy) is 2. The summed E-state index contributed by atoms with van der Waals surface area (Å²) in [7, 11) is 1.64. The van der Waals surface area contributed by atoms with E-state index in [0.717, 1.165) is 29.4 Å². The quantitative estimate of drug-likeness (QED) is 0.674. The number of rotatable bonds is 6. The maximum atomic E-state index is 11.7. The molecule has 0 saturated heterocycles. The maximum absolute atomic E-state index is 11.7. The van der Waals surface area contributed by atoms with E-state index >= 15 is 0 Å². The third-order valence-corrected chi connectivity index (χ3v) is 5.19. The monoisotopic (exact) mass is 379 g/mol. The first-order valence-electron chi connectivity index (χ1n) is 9.70. The topological polar surface area (TPSA) is 65.4 Å². The summed E-state index contributed by atoms with van der Waals surface area (Å²) in [6.45, 7) is 1.96. The van der Waals surface area contributed by atoms with Crippen LogP contribution in [0.5, 0.6) is 11.5 Å². The Balaban J connectivity index is 1.73. The molecule has 1 aromatic heterocycles. The molecule has 1 amide bonds. The Bertz CT molecular complexity index is 976. The minimum absolute atomic E-state index is 0.123. The van der Waals surface area contributed by atoms with Crippen LogP contribution in [0.4, 0.5) is 5.95 Å². The van der Waals surface area contributed by atoms with Crippen LogP contribution in [0.2, 0.25) is 0 Å². The van der Waals surface area contributed by atoms with Crippen LogP contribution >= 0.6 is 0 Å². The fourth-order valence-electron chi connectivity index (χ4n) is 3.89. The molecule has 0 spiro atoms. The molecule has 4 rings (SSSR count).